The molecule has 3 unspecified atom stereocenters. The molecule has 2 saturated carbocycles. The van der Waals surface area contributed by atoms with Gasteiger partial charge in [-0.1, -0.05) is 49.7 Å². The van der Waals surface area contributed by atoms with Crippen molar-refractivity contribution in [1.29, 1.82) is 0 Å². The number of amides is 1. The van der Waals surface area contributed by atoms with E-state index in [1.165, 1.54) is 48.9 Å². The highest BCUT2D eigenvalue weighted by atomic mass is 19.1. The third-order valence-corrected chi connectivity index (χ3v) is 8.56. The maximum absolute atomic E-state index is 13.9. The molecule has 0 spiro atoms. The molecule has 2 aliphatic carbocycles. The van der Waals surface area contributed by atoms with E-state index in [9.17, 15) is 18.7 Å². The van der Waals surface area contributed by atoms with Crippen LogP contribution in [-0.4, -0.2) is 29.7 Å². The van der Waals surface area contributed by atoms with Crippen molar-refractivity contribution < 1.29 is 18.7 Å². The number of hydrogen-bond donors (Lipinski definition) is 3. The van der Waals surface area contributed by atoms with E-state index in [1.54, 1.807) is 6.07 Å². The molecular weight excluding hydrogens is 494 g/mol. The highest BCUT2D eigenvalue weighted by Crippen LogP contribution is 2.52. The SMILES string of the molecule is CCc1cccc(CNC[C@H](O)[C@H](Cc2cc(F)cc(F)c2)NC(=O)c2cccc(C3CC4CCC3C4)c2)c1. The zero-order chi connectivity index (χ0) is 27.4. The van der Waals surface area contributed by atoms with Crippen molar-refractivity contribution >= 4 is 5.91 Å². The van der Waals surface area contributed by atoms with Crippen molar-refractivity contribution in [1.82, 2.24) is 10.6 Å². The van der Waals surface area contributed by atoms with Gasteiger partial charge < -0.3 is 15.7 Å². The van der Waals surface area contributed by atoms with Gasteiger partial charge in [-0.05, 0) is 96.4 Å². The summed E-state index contributed by atoms with van der Waals surface area (Å²) in [5, 5.41) is 17.3. The van der Waals surface area contributed by atoms with Crippen LogP contribution in [0, 0.1) is 23.5 Å². The number of fused-ring (bicyclic) bond motifs is 2. The summed E-state index contributed by atoms with van der Waals surface area (Å²) in [5.74, 6) is 0.352. The van der Waals surface area contributed by atoms with Crippen LogP contribution in [0.25, 0.3) is 0 Å². The number of carbonyl (C=O) groups excluding carboxylic acids is 1. The number of hydrogen-bond acceptors (Lipinski definition) is 3. The average molecular weight is 533 g/mol. The summed E-state index contributed by atoms with van der Waals surface area (Å²) in [6.07, 6.45) is 5.13. The van der Waals surface area contributed by atoms with Crippen molar-refractivity contribution in [3.63, 3.8) is 0 Å². The molecule has 2 aliphatic rings. The Bertz CT molecular complexity index is 1280. The number of aliphatic hydroxyl groups is 1. The smallest absolute Gasteiger partial charge is 0.251 e. The van der Waals surface area contributed by atoms with E-state index in [0.717, 1.165) is 24.0 Å². The highest BCUT2D eigenvalue weighted by molar-refractivity contribution is 5.94. The Hall–Kier alpha value is -3.09. The zero-order valence-electron chi connectivity index (χ0n) is 22.5. The molecule has 4 nitrogen and oxygen atoms in total. The van der Waals surface area contributed by atoms with Crippen LogP contribution < -0.4 is 10.6 Å². The number of halogens is 2. The van der Waals surface area contributed by atoms with E-state index in [0.29, 0.717) is 29.5 Å². The molecule has 3 aromatic rings. The maximum atomic E-state index is 13.9. The first-order valence-corrected chi connectivity index (χ1v) is 14.2. The van der Waals surface area contributed by atoms with Gasteiger partial charge in [0.15, 0.2) is 0 Å². The number of aliphatic hydroxyl groups excluding tert-OH is 1. The minimum atomic E-state index is -0.969. The molecule has 39 heavy (non-hydrogen) atoms. The molecule has 2 bridgehead atoms. The predicted molar refractivity (Wildman–Crippen MR) is 149 cm³/mol. The van der Waals surface area contributed by atoms with Crippen molar-refractivity contribution in [3.05, 3.63) is 106 Å². The van der Waals surface area contributed by atoms with Gasteiger partial charge in [0.25, 0.3) is 5.91 Å². The van der Waals surface area contributed by atoms with Crippen LogP contribution in [0.5, 0.6) is 0 Å². The van der Waals surface area contributed by atoms with Crippen molar-refractivity contribution in [2.75, 3.05) is 6.54 Å². The highest BCUT2D eigenvalue weighted by Gasteiger charge is 2.40. The molecule has 0 aromatic heterocycles. The van der Waals surface area contributed by atoms with Crippen molar-refractivity contribution in [2.24, 2.45) is 11.8 Å². The third-order valence-electron chi connectivity index (χ3n) is 8.56. The van der Waals surface area contributed by atoms with Crippen LogP contribution in [0.4, 0.5) is 8.78 Å². The van der Waals surface area contributed by atoms with Crippen LogP contribution in [0.2, 0.25) is 0 Å². The lowest BCUT2D eigenvalue weighted by molar-refractivity contribution is 0.0829. The van der Waals surface area contributed by atoms with E-state index in [-0.39, 0.29) is 18.9 Å². The molecule has 3 aromatic carbocycles. The zero-order valence-corrected chi connectivity index (χ0v) is 22.5. The van der Waals surface area contributed by atoms with E-state index in [1.807, 2.05) is 24.3 Å². The van der Waals surface area contributed by atoms with Crippen molar-refractivity contribution in [3.8, 4) is 0 Å². The number of rotatable bonds is 11. The number of nitrogens with one attached hydrogen (secondary N) is 2. The Morgan fingerprint density at radius 2 is 1.72 bits per heavy atom. The Kier molecular flexibility index (Phi) is 8.73. The summed E-state index contributed by atoms with van der Waals surface area (Å²) in [5.41, 5.74) is 4.47. The molecule has 0 saturated heterocycles. The largest absolute Gasteiger partial charge is 0.390 e. The standard InChI is InChI=1S/C33H38F2N2O2/c1-2-21-5-3-6-23(11-21)19-36-20-32(38)31(16-24-13-28(34)18-29(35)14-24)37-33(39)27-8-4-7-25(17-27)30-15-22-9-10-26(30)12-22/h3-8,11,13-14,17-18,22,26,30-32,36,38H,2,9-10,12,15-16,19-20H2,1H3,(H,37,39)/t22?,26?,30?,31-,32-/m0/s1. The molecule has 0 aliphatic heterocycles. The van der Waals surface area contributed by atoms with Crippen LogP contribution in [0.15, 0.2) is 66.7 Å². The second-order valence-electron chi connectivity index (χ2n) is 11.3. The summed E-state index contributed by atoms with van der Waals surface area (Å²) in [4.78, 5) is 13.4. The van der Waals surface area contributed by atoms with E-state index < -0.39 is 23.8 Å². The third kappa shape index (κ3) is 6.92. The number of benzene rings is 3. The quantitative estimate of drug-likeness (QED) is 0.287. The lowest BCUT2D eigenvalue weighted by Crippen LogP contribution is -2.48. The Labute approximate surface area is 229 Å². The minimum absolute atomic E-state index is 0.0979. The van der Waals surface area contributed by atoms with Crippen LogP contribution in [-0.2, 0) is 19.4 Å². The fraction of sp³-hybridized carbons (Fsp3) is 0.424. The fourth-order valence-electron chi connectivity index (χ4n) is 6.55. The van der Waals surface area contributed by atoms with Crippen LogP contribution in [0.1, 0.15) is 71.1 Å². The lowest BCUT2D eigenvalue weighted by Gasteiger charge is -2.26. The van der Waals surface area contributed by atoms with E-state index >= 15 is 0 Å². The second kappa shape index (κ2) is 12.4. The fourth-order valence-corrected chi connectivity index (χ4v) is 6.55. The minimum Gasteiger partial charge on any atom is -0.390 e. The molecule has 0 heterocycles. The Morgan fingerprint density at radius 1 is 0.949 bits per heavy atom. The van der Waals surface area contributed by atoms with Crippen molar-refractivity contribution in [2.45, 2.75) is 70.1 Å². The Balaban J connectivity index is 1.28. The van der Waals surface area contributed by atoms with Gasteiger partial charge in [-0.2, -0.15) is 0 Å². The summed E-state index contributed by atoms with van der Waals surface area (Å²) in [6.45, 7) is 2.88. The Morgan fingerprint density at radius 3 is 2.44 bits per heavy atom. The lowest BCUT2D eigenvalue weighted by atomic mass is 9.83. The summed E-state index contributed by atoms with van der Waals surface area (Å²) >= 11 is 0. The molecule has 3 N–H and O–H groups in total. The number of aryl methyl sites for hydroxylation is 1. The van der Waals surface area contributed by atoms with E-state index in [2.05, 4.69) is 35.8 Å². The predicted octanol–water partition coefficient (Wildman–Crippen LogP) is 5.92. The first-order valence-electron chi connectivity index (χ1n) is 14.2. The van der Waals surface area contributed by atoms with Gasteiger partial charge in [-0.3, -0.25) is 4.79 Å². The van der Waals surface area contributed by atoms with Crippen LogP contribution in [0.3, 0.4) is 0 Å². The average Bonchev–Trinajstić information content (AvgIpc) is 3.56. The van der Waals surface area contributed by atoms with Gasteiger partial charge in [0.2, 0.25) is 0 Å². The second-order valence-corrected chi connectivity index (χ2v) is 11.3. The number of carbonyl (C=O) groups is 1. The van der Waals surface area contributed by atoms with Gasteiger partial charge in [-0.15, -0.1) is 0 Å². The first kappa shape index (κ1) is 27.5. The van der Waals surface area contributed by atoms with Gasteiger partial charge in [0, 0.05) is 24.7 Å². The maximum Gasteiger partial charge on any atom is 0.251 e. The van der Waals surface area contributed by atoms with Gasteiger partial charge in [0.05, 0.1) is 12.1 Å². The first-order chi connectivity index (χ1) is 18.9. The molecular formula is C33H38F2N2O2. The molecule has 1 amide bonds. The normalized spacial score (nSPS) is 21.6. The van der Waals surface area contributed by atoms with Gasteiger partial charge in [-0.25, -0.2) is 8.78 Å². The summed E-state index contributed by atoms with van der Waals surface area (Å²) in [6, 6.07) is 18.6. The summed E-state index contributed by atoms with van der Waals surface area (Å²) in [7, 11) is 0. The van der Waals surface area contributed by atoms with Crippen LogP contribution >= 0.6 is 0 Å². The topological polar surface area (TPSA) is 61.4 Å². The van der Waals surface area contributed by atoms with Gasteiger partial charge >= 0.3 is 0 Å². The molecule has 0 radical (unpaired) electrons. The monoisotopic (exact) mass is 532 g/mol. The van der Waals surface area contributed by atoms with E-state index in [4.69, 9.17) is 0 Å². The molecule has 206 valence electrons. The van der Waals surface area contributed by atoms with Gasteiger partial charge in [0.1, 0.15) is 11.6 Å². The molecule has 5 rings (SSSR count). The molecule has 2 fully saturated rings. The molecule has 6 heteroatoms. The molecule has 5 atom stereocenters. The summed E-state index contributed by atoms with van der Waals surface area (Å²) < 4.78 is 27.8.